The second-order valence-electron chi connectivity index (χ2n) is 8.69. The minimum Gasteiger partial charge on any atom is -0.416 e. The Morgan fingerprint density at radius 3 is 1.03 bits per heavy atom. The van der Waals surface area contributed by atoms with Gasteiger partial charge in [-0.05, 0) is 50.9 Å². The fraction of sp³-hybridized carbons (Fsp3) is 1.00. The molecule has 0 spiro atoms. The number of rotatable bonds is 20. The van der Waals surface area contributed by atoms with Gasteiger partial charge in [0.2, 0.25) is 16.6 Å². The van der Waals surface area contributed by atoms with E-state index >= 15 is 0 Å². The van der Waals surface area contributed by atoms with Crippen LogP contribution in [0.15, 0.2) is 0 Å². The first-order chi connectivity index (χ1) is 14.0. The lowest BCUT2D eigenvalue weighted by Crippen LogP contribution is -2.54. The van der Waals surface area contributed by atoms with Crippen molar-refractivity contribution in [3.05, 3.63) is 0 Å². The van der Waals surface area contributed by atoms with Crippen molar-refractivity contribution in [2.24, 2.45) is 0 Å². The van der Waals surface area contributed by atoms with Crippen LogP contribution in [0.4, 0.5) is 0 Å². The first-order valence-electron chi connectivity index (χ1n) is 12.9. The van der Waals surface area contributed by atoms with E-state index in [0.29, 0.717) is 0 Å². The molecule has 0 aliphatic carbocycles. The van der Waals surface area contributed by atoms with Crippen LogP contribution in [0, 0.1) is 0 Å². The summed E-state index contributed by atoms with van der Waals surface area (Å²) in [6.45, 7) is 20.4. The molecule has 0 fully saturated rings. The third-order valence-corrected chi connectivity index (χ3v) is 20.7. The van der Waals surface area contributed by atoms with E-state index in [1.165, 1.54) is 75.5 Å². The summed E-state index contributed by atoms with van der Waals surface area (Å²) in [5.41, 5.74) is 0. The first-order valence-corrected chi connectivity index (χ1v) is 18.7. The molecule has 2 unspecified atom stereocenters. The molecule has 0 aromatic heterocycles. The second-order valence-corrected chi connectivity index (χ2v) is 19.2. The maximum absolute atomic E-state index is 6.79. The van der Waals surface area contributed by atoms with E-state index in [9.17, 15) is 0 Å². The van der Waals surface area contributed by atoms with Crippen molar-refractivity contribution in [2.75, 3.05) is 13.2 Å². The van der Waals surface area contributed by atoms with Crippen molar-refractivity contribution in [1.29, 1.82) is 0 Å². The lowest BCUT2D eigenvalue weighted by Gasteiger charge is -2.44. The molecule has 0 heterocycles. The van der Waals surface area contributed by atoms with Gasteiger partial charge in [-0.3, -0.25) is 0 Å². The summed E-state index contributed by atoms with van der Waals surface area (Å²) >= 11 is 2.37. The standard InChI is InChI=1S/C24H54O2SSi2/c1-9-17-23(28(19-11-3,20-12-4)25-15-7)27-24(18-10-2)29(21-13-5,22-14-6)26-16-8/h23-24H,9-22H2,1-8H3. The molecule has 0 aliphatic heterocycles. The van der Waals surface area contributed by atoms with Crippen LogP contribution in [-0.2, 0) is 8.85 Å². The van der Waals surface area contributed by atoms with Crippen molar-refractivity contribution >= 4 is 28.4 Å². The van der Waals surface area contributed by atoms with Crippen LogP contribution in [0.2, 0.25) is 24.2 Å². The molecule has 0 amide bonds. The van der Waals surface area contributed by atoms with Crippen molar-refractivity contribution in [2.45, 2.75) is 141 Å². The summed E-state index contributed by atoms with van der Waals surface area (Å²) in [4.78, 5) is 1.45. The molecule has 2 atom stereocenters. The zero-order valence-corrected chi connectivity index (χ0v) is 24.1. The maximum atomic E-state index is 6.79. The summed E-state index contributed by atoms with van der Waals surface area (Å²) in [5.74, 6) is 0. The van der Waals surface area contributed by atoms with Gasteiger partial charge in [0.15, 0.2) is 0 Å². The van der Waals surface area contributed by atoms with Gasteiger partial charge in [0, 0.05) is 23.0 Å². The zero-order chi connectivity index (χ0) is 22.2. The molecule has 0 bridgehead atoms. The van der Waals surface area contributed by atoms with Gasteiger partial charge in [-0.15, -0.1) is 0 Å². The molecular weight excluding hydrogens is 409 g/mol. The first kappa shape index (κ1) is 29.7. The number of hydrogen-bond donors (Lipinski definition) is 0. The maximum Gasteiger partial charge on any atom is 0.205 e. The zero-order valence-electron chi connectivity index (χ0n) is 21.3. The van der Waals surface area contributed by atoms with Crippen molar-refractivity contribution in [3.8, 4) is 0 Å². The Morgan fingerprint density at radius 1 is 0.517 bits per heavy atom. The van der Waals surface area contributed by atoms with Crippen molar-refractivity contribution < 1.29 is 8.85 Å². The Hall–Kier alpha value is 0.704. The molecule has 176 valence electrons. The Labute approximate surface area is 190 Å². The van der Waals surface area contributed by atoms with Crippen molar-refractivity contribution in [1.82, 2.24) is 0 Å². The molecular formula is C24H54O2SSi2. The summed E-state index contributed by atoms with van der Waals surface area (Å²) in [5, 5.41) is 0. The molecule has 0 saturated heterocycles. The van der Waals surface area contributed by atoms with Crippen LogP contribution >= 0.6 is 11.8 Å². The van der Waals surface area contributed by atoms with Gasteiger partial charge in [0.05, 0.1) is 0 Å². The lowest BCUT2D eigenvalue weighted by atomic mass is 10.4. The van der Waals surface area contributed by atoms with Gasteiger partial charge in [-0.25, -0.2) is 0 Å². The smallest absolute Gasteiger partial charge is 0.205 e. The topological polar surface area (TPSA) is 18.5 Å². The van der Waals surface area contributed by atoms with Gasteiger partial charge in [0.25, 0.3) is 0 Å². The quantitative estimate of drug-likeness (QED) is 0.168. The fourth-order valence-electron chi connectivity index (χ4n) is 5.27. The predicted octanol–water partition coefficient (Wildman–Crippen LogP) is 8.74. The molecule has 5 heteroatoms. The van der Waals surface area contributed by atoms with E-state index in [1.807, 2.05) is 0 Å². The molecule has 0 rings (SSSR count). The summed E-state index contributed by atoms with van der Waals surface area (Å²) < 4.78 is 13.6. The van der Waals surface area contributed by atoms with Gasteiger partial charge in [-0.1, -0.05) is 80.1 Å². The molecule has 2 nitrogen and oxygen atoms in total. The normalized spacial score (nSPS) is 14.9. The molecule has 29 heavy (non-hydrogen) atoms. The second kappa shape index (κ2) is 17.3. The Kier molecular flexibility index (Phi) is 17.7. The van der Waals surface area contributed by atoms with Gasteiger partial charge in [-0.2, -0.15) is 11.8 Å². The summed E-state index contributed by atoms with van der Waals surface area (Å²) in [6, 6.07) is 5.32. The molecule has 0 saturated carbocycles. The highest BCUT2D eigenvalue weighted by Crippen LogP contribution is 2.43. The van der Waals surface area contributed by atoms with Crippen LogP contribution in [0.25, 0.3) is 0 Å². The largest absolute Gasteiger partial charge is 0.416 e. The van der Waals surface area contributed by atoms with Crippen molar-refractivity contribution in [3.63, 3.8) is 0 Å². The van der Waals surface area contributed by atoms with Crippen LogP contribution in [0.3, 0.4) is 0 Å². The van der Waals surface area contributed by atoms with E-state index in [1.54, 1.807) is 0 Å². The van der Waals surface area contributed by atoms with Crippen LogP contribution in [-0.4, -0.2) is 39.6 Å². The number of thioether (sulfide) groups is 1. The molecule has 0 N–H and O–H groups in total. The lowest BCUT2D eigenvalue weighted by molar-refractivity contribution is 0.311. The fourth-order valence-corrected chi connectivity index (χ4v) is 20.5. The molecule has 0 aliphatic rings. The monoisotopic (exact) mass is 462 g/mol. The highest BCUT2D eigenvalue weighted by molar-refractivity contribution is 8.03. The van der Waals surface area contributed by atoms with E-state index in [0.717, 1.165) is 23.0 Å². The van der Waals surface area contributed by atoms with Gasteiger partial charge < -0.3 is 8.85 Å². The van der Waals surface area contributed by atoms with E-state index in [4.69, 9.17) is 8.85 Å². The number of hydrogen-bond acceptors (Lipinski definition) is 3. The Morgan fingerprint density at radius 2 is 0.828 bits per heavy atom. The minimum absolute atomic E-state index is 0.727. The summed E-state index contributed by atoms with van der Waals surface area (Å²) in [6.07, 6.45) is 10.3. The van der Waals surface area contributed by atoms with Gasteiger partial charge >= 0.3 is 0 Å². The summed E-state index contributed by atoms with van der Waals surface area (Å²) in [7, 11) is -3.51. The highest BCUT2D eigenvalue weighted by Gasteiger charge is 2.48. The SMILES string of the molecule is CCCC(SC(CCC)[Si](CCC)(CCC)OCC)[Si](CCC)(CCC)OCC. The highest BCUT2D eigenvalue weighted by atomic mass is 32.2. The van der Waals surface area contributed by atoms with E-state index in [-0.39, 0.29) is 0 Å². The van der Waals surface area contributed by atoms with Gasteiger partial charge in [0.1, 0.15) is 0 Å². The van der Waals surface area contributed by atoms with Crippen LogP contribution < -0.4 is 0 Å². The Bertz CT molecular complexity index is 314. The predicted molar refractivity (Wildman–Crippen MR) is 140 cm³/mol. The Balaban J connectivity index is 6.07. The average Bonchev–Trinajstić information content (AvgIpc) is 2.68. The third-order valence-electron chi connectivity index (χ3n) is 6.16. The molecule has 0 radical (unpaired) electrons. The minimum atomic E-state index is -1.76. The van der Waals surface area contributed by atoms with E-state index < -0.39 is 16.6 Å². The van der Waals surface area contributed by atoms with Crippen LogP contribution in [0.5, 0.6) is 0 Å². The molecule has 0 aromatic rings. The average molecular weight is 463 g/mol. The van der Waals surface area contributed by atoms with Crippen LogP contribution in [0.1, 0.15) is 107 Å². The van der Waals surface area contributed by atoms with E-state index in [2.05, 4.69) is 67.2 Å². The molecule has 0 aromatic carbocycles. The third kappa shape index (κ3) is 9.38.